The van der Waals surface area contributed by atoms with Crippen molar-refractivity contribution >= 4 is 17.5 Å². The van der Waals surface area contributed by atoms with Gasteiger partial charge in [-0.2, -0.15) is 0 Å². The van der Waals surface area contributed by atoms with Gasteiger partial charge in [-0.15, -0.1) is 0 Å². The standard InChI is InChI=1S/C13H13FN4O/c1-15-12-11(14)9(6-8-17-12)13(19)18(2)10-5-3-4-7-16-10/h3-8H,1-2H3,(H,15,17). The topological polar surface area (TPSA) is 58.1 Å². The predicted octanol–water partition coefficient (Wildman–Crippen LogP) is 1.93. The van der Waals surface area contributed by atoms with Gasteiger partial charge in [0.2, 0.25) is 0 Å². The van der Waals surface area contributed by atoms with Gasteiger partial charge in [0.25, 0.3) is 5.91 Å². The van der Waals surface area contributed by atoms with Crippen LogP contribution in [0.15, 0.2) is 36.7 Å². The lowest BCUT2D eigenvalue weighted by Crippen LogP contribution is -2.28. The van der Waals surface area contributed by atoms with Gasteiger partial charge >= 0.3 is 0 Å². The number of carbonyl (C=O) groups excluding carboxylic acids is 1. The van der Waals surface area contributed by atoms with E-state index in [9.17, 15) is 9.18 Å². The quantitative estimate of drug-likeness (QED) is 0.916. The zero-order valence-electron chi connectivity index (χ0n) is 10.6. The van der Waals surface area contributed by atoms with Gasteiger partial charge < -0.3 is 5.32 Å². The summed E-state index contributed by atoms with van der Waals surface area (Å²) in [4.78, 5) is 21.4. The lowest BCUT2D eigenvalue weighted by Gasteiger charge is -2.16. The molecule has 0 aliphatic rings. The van der Waals surface area contributed by atoms with Gasteiger partial charge in [0, 0.05) is 26.5 Å². The first kappa shape index (κ1) is 12.9. The zero-order chi connectivity index (χ0) is 13.8. The van der Waals surface area contributed by atoms with Crippen LogP contribution in [-0.2, 0) is 0 Å². The average Bonchev–Trinajstić information content (AvgIpc) is 2.47. The monoisotopic (exact) mass is 260 g/mol. The molecular formula is C13H13FN4O. The van der Waals surface area contributed by atoms with Crippen molar-refractivity contribution in [1.82, 2.24) is 9.97 Å². The third-order valence-electron chi connectivity index (χ3n) is 2.65. The number of hydrogen-bond donors (Lipinski definition) is 1. The van der Waals surface area contributed by atoms with Gasteiger partial charge in [0.15, 0.2) is 11.6 Å². The van der Waals surface area contributed by atoms with Crippen LogP contribution in [-0.4, -0.2) is 30.0 Å². The lowest BCUT2D eigenvalue weighted by molar-refractivity contribution is 0.0988. The smallest absolute Gasteiger partial charge is 0.262 e. The van der Waals surface area contributed by atoms with Crippen LogP contribution in [0.25, 0.3) is 0 Å². The zero-order valence-corrected chi connectivity index (χ0v) is 10.6. The molecule has 1 N–H and O–H groups in total. The van der Waals surface area contributed by atoms with Crippen LogP contribution in [0.4, 0.5) is 16.0 Å². The van der Waals surface area contributed by atoms with Gasteiger partial charge in [-0.25, -0.2) is 14.4 Å². The van der Waals surface area contributed by atoms with E-state index in [1.54, 1.807) is 38.5 Å². The number of amides is 1. The number of halogens is 1. The Labute approximate surface area is 110 Å². The SMILES string of the molecule is CNc1nccc(C(=O)N(C)c2ccccn2)c1F. The Hall–Kier alpha value is -2.50. The molecule has 0 aliphatic heterocycles. The van der Waals surface area contributed by atoms with Crippen molar-refractivity contribution in [3.8, 4) is 0 Å². The van der Waals surface area contributed by atoms with Crippen LogP contribution in [0, 0.1) is 5.82 Å². The Morgan fingerprint density at radius 3 is 2.68 bits per heavy atom. The average molecular weight is 260 g/mol. The largest absolute Gasteiger partial charge is 0.371 e. The van der Waals surface area contributed by atoms with E-state index in [2.05, 4.69) is 15.3 Å². The van der Waals surface area contributed by atoms with Crippen molar-refractivity contribution in [2.24, 2.45) is 0 Å². The first-order valence-corrected chi connectivity index (χ1v) is 5.66. The van der Waals surface area contributed by atoms with E-state index in [-0.39, 0.29) is 11.4 Å². The molecule has 0 unspecified atom stereocenters. The summed E-state index contributed by atoms with van der Waals surface area (Å²) < 4.78 is 14.0. The minimum atomic E-state index is -0.669. The summed E-state index contributed by atoms with van der Waals surface area (Å²) >= 11 is 0. The van der Waals surface area contributed by atoms with E-state index in [0.717, 1.165) is 0 Å². The second kappa shape index (κ2) is 5.43. The van der Waals surface area contributed by atoms with Crippen LogP contribution in [0.1, 0.15) is 10.4 Å². The molecule has 0 fully saturated rings. The van der Waals surface area contributed by atoms with Gasteiger partial charge in [-0.05, 0) is 18.2 Å². The number of hydrogen-bond acceptors (Lipinski definition) is 4. The normalized spacial score (nSPS) is 10.1. The minimum absolute atomic E-state index is 0.0419. The fraction of sp³-hybridized carbons (Fsp3) is 0.154. The summed E-state index contributed by atoms with van der Waals surface area (Å²) in [7, 11) is 3.09. The highest BCUT2D eigenvalue weighted by Gasteiger charge is 2.20. The molecule has 6 heteroatoms. The van der Waals surface area contributed by atoms with E-state index in [1.807, 2.05) is 0 Å². The van der Waals surface area contributed by atoms with Crippen LogP contribution in [0.5, 0.6) is 0 Å². The molecule has 0 aromatic carbocycles. The Balaban J connectivity index is 2.35. The number of nitrogens with one attached hydrogen (secondary N) is 1. The highest BCUT2D eigenvalue weighted by atomic mass is 19.1. The van der Waals surface area contributed by atoms with E-state index >= 15 is 0 Å². The highest BCUT2D eigenvalue weighted by Crippen LogP contribution is 2.18. The van der Waals surface area contributed by atoms with Crippen LogP contribution in [0.3, 0.4) is 0 Å². The summed E-state index contributed by atoms with van der Waals surface area (Å²) in [5, 5.41) is 2.60. The van der Waals surface area contributed by atoms with Crippen LogP contribution < -0.4 is 10.2 Å². The Kier molecular flexibility index (Phi) is 3.70. The Bertz CT molecular complexity index is 588. The Morgan fingerprint density at radius 2 is 2.05 bits per heavy atom. The van der Waals surface area contributed by atoms with Gasteiger partial charge in [0.1, 0.15) is 5.82 Å². The predicted molar refractivity (Wildman–Crippen MR) is 70.7 cm³/mol. The maximum atomic E-state index is 14.0. The number of aromatic nitrogens is 2. The molecule has 5 nitrogen and oxygen atoms in total. The van der Waals surface area contributed by atoms with E-state index in [4.69, 9.17) is 0 Å². The van der Waals surface area contributed by atoms with E-state index in [1.165, 1.54) is 17.2 Å². The lowest BCUT2D eigenvalue weighted by atomic mass is 10.2. The fourth-order valence-corrected chi connectivity index (χ4v) is 1.62. The first-order chi connectivity index (χ1) is 9.15. The summed E-state index contributed by atoms with van der Waals surface area (Å²) in [5.74, 6) is -0.650. The highest BCUT2D eigenvalue weighted by molar-refractivity contribution is 6.05. The second-order valence-corrected chi connectivity index (χ2v) is 3.82. The van der Waals surface area contributed by atoms with Gasteiger partial charge in [0.05, 0.1) is 5.56 Å². The molecule has 98 valence electrons. The molecule has 0 saturated heterocycles. The maximum Gasteiger partial charge on any atom is 0.262 e. The third-order valence-corrected chi connectivity index (χ3v) is 2.65. The number of pyridine rings is 2. The molecule has 0 bridgehead atoms. The number of carbonyl (C=O) groups is 1. The van der Waals surface area contributed by atoms with E-state index < -0.39 is 11.7 Å². The first-order valence-electron chi connectivity index (χ1n) is 5.66. The molecule has 0 radical (unpaired) electrons. The van der Waals surface area contributed by atoms with Crippen molar-refractivity contribution in [3.05, 3.63) is 48.0 Å². The number of anilines is 2. The molecule has 2 rings (SSSR count). The molecule has 2 aromatic rings. The fourth-order valence-electron chi connectivity index (χ4n) is 1.62. The number of rotatable bonds is 3. The van der Waals surface area contributed by atoms with Crippen molar-refractivity contribution < 1.29 is 9.18 Å². The summed E-state index contributed by atoms with van der Waals surface area (Å²) in [6, 6.07) is 6.52. The second-order valence-electron chi connectivity index (χ2n) is 3.82. The molecule has 0 saturated carbocycles. The van der Waals surface area contributed by atoms with Crippen molar-refractivity contribution in [3.63, 3.8) is 0 Å². The van der Waals surface area contributed by atoms with E-state index in [0.29, 0.717) is 5.82 Å². The number of nitrogens with zero attached hydrogens (tertiary/aromatic N) is 3. The molecule has 2 heterocycles. The van der Waals surface area contributed by atoms with Gasteiger partial charge in [-0.3, -0.25) is 9.69 Å². The van der Waals surface area contributed by atoms with Gasteiger partial charge in [-0.1, -0.05) is 6.07 Å². The van der Waals surface area contributed by atoms with Crippen LogP contribution >= 0.6 is 0 Å². The Morgan fingerprint density at radius 1 is 1.26 bits per heavy atom. The molecule has 2 aromatic heterocycles. The summed E-state index contributed by atoms with van der Waals surface area (Å²) in [6.45, 7) is 0. The van der Waals surface area contributed by atoms with Crippen molar-refractivity contribution in [1.29, 1.82) is 0 Å². The third kappa shape index (κ3) is 2.52. The molecule has 0 atom stereocenters. The maximum absolute atomic E-state index is 14.0. The van der Waals surface area contributed by atoms with Crippen LogP contribution in [0.2, 0.25) is 0 Å². The molecule has 0 aliphatic carbocycles. The molecule has 1 amide bonds. The minimum Gasteiger partial charge on any atom is -0.371 e. The van der Waals surface area contributed by atoms with Crippen molar-refractivity contribution in [2.75, 3.05) is 24.3 Å². The molecule has 0 spiro atoms. The molecule has 19 heavy (non-hydrogen) atoms. The van der Waals surface area contributed by atoms with Crippen molar-refractivity contribution in [2.45, 2.75) is 0 Å². The summed E-state index contributed by atoms with van der Waals surface area (Å²) in [6.07, 6.45) is 2.95. The summed E-state index contributed by atoms with van der Waals surface area (Å²) in [5.41, 5.74) is -0.0486. The molecular weight excluding hydrogens is 247 g/mol.